The van der Waals surface area contributed by atoms with Crippen LogP contribution in [0.5, 0.6) is 17.2 Å². The maximum atomic E-state index is 11.9. The summed E-state index contributed by atoms with van der Waals surface area (Å²) < 4.78 is 6.74. The lowest BCUT2D eigenvalue weighted by Crippen LogP contribution is -2.24. The number of aryl methyl sites for hydroxylation is 1. The van der Waals surface area contributed by atoms with E-state index in [0.29, 0.717) is 21.3 Å². The van der Waals surface area contributed by atoms with Gasteiger partial charge in [-0.2, -0.15) is 5.10 Å². The molecule has 26 heavy (non-hydrogen) atoms. The maximum absolute atomic E-state index is 11.9. The molecule has 0 fully saturated rings. The Morgan fingerprint density at radius 3 is 2.54 bits per heavy atom. The Bertz CT molecular complexity index is 856. The average molecular weight is 551 g/mol. The van der Waals surface area contributed by atoms with Crippen molar-refractivity contribution in [3.8, 4) is 17.2 Å². The number of ether oxygens (including phenoxy) is 1. The van der Waals surface area contributed by atoms with Gasteiger partial charge in [0.2, 0.25) is 0 Å². The molecular formula is C17H15Br3N2O4. The summed E-state index contributed by atoms with van der Waals surface area (Å²) in [5.74, 6) is -0.198. The van der Waals surface area contributed by atoms with Gasteiger partial charge in [-0.1, -0.05) is 6.07 Å². The van der Waals surface area contributed by atoms with E-state index in [2.05, 4.69) is 58.3 Å². The van der Waals surface area contributed by atoms with Crippen LogP contribution in [0.3, 0.4) is 0 Å². The van der Waals surface area contributed by atoms with Gasteiger partial charge in [0.05, 0.1) is 15.2 Å². The summed E-state index contributed by atoms with van der Waals surface area (Å²) in [5, 5.41) is 23.8. The van der Waals surface area contributed by atoms with Gasteiger partial charge in [0.1, 0.15) is 21.7 Å². The Labute approximate surface area is 175 Å². The summed E-state index contributed by atoms with van der Waals surface area (Å²) in [6.07, 6.45) is 1.29. The van der Waals surface area contributed by atoms with Crippen LogP contribution in [-0.4, -0.2) is 28.9 Å². The summed E-state index contributed by atoms with van der Waals surface area (Å²) in [7, 11) is 0. The number of nitrogens with one attached hydrogen (secondary N) is 1. The molecule has 0 aliphatic carbocycles. The van der Waals surface area contributed by atoms with Crippen LogP contribution < -0.4 is 10.2 Å². The van der Waals surface area contributed by atoms with E-state index in [9.17, 15) is 15.0 Å². The number of hydrogen-bond acceptors (Lipinski definition) is 5. The molecule has 1 amide bonds. The van der Waals surface area contributed by atoms with E-state index in [1.807, 2.05) is 19.1 Å². The molecular weight excluding hydrogens is 536 g/mol. The third-order valence-corrected chi connectivity index (χ3v) is 5.78. The molecule has 2 rings (SSSR count). The van der Waals surface area contributed by atoms with E-state index in [1.165, 1.54) is 6.21 Å². The van der Waals surface area contributed by atoms with Crippen molar-refractivity contribution in [1.82, 2.24) is 5.43 Å². The Kier molecular flexibility index (Phi) is 7.08. The van der Waals surface area contributed by atoms with Crippen LogP contribution in [0.25, 0.3) is 0 Å². The molecule has 2 aromatic carbocycles. The van der Waals surface area contributed by atoms with Crippen LogP contribution >= 0.6 is 47.8 Å². The second-order valence-corrected chi connectivity index (χ2v) is 7.82. The first-order valence-corrected chi connectivity index (χ1v) is 9.70. The summed E-state index contributed by atoms with van der Waals surface area (Å²) in [6, 6.07) is 5.53. The van der Waals surface area contributed by atoms with Gasteiger partial charge < -0.3 is 14.9 Å². The normalized spacial score (nSPS) is 11.0. The van der Waals surface area contributed by atoms with Gasteiger partial charge in [0.15, 0.2) is 6.61 Å². The fourth-order valence-corrected chi connectivity index (χ4v) is 3.72. The Morgan fingerprint density at radius 1 is 1.19 bits per heavy atom. The number of amides is 1. The fraction of sp³-hybridized carbons (Fsp3) is 0.176. The number of benzene rings is 2. The Hall–Kier alpha value is -1.58. The standard InChI is InChI=1S/C17H15Br3N2O4/c1-8-3-4-12(11(18)5-8)26-7-13(23)22-21-6-10-9(2)14(19)17(25)15(20)16(10)24/h3-6,24-25H,7H2,1-2H3,(H,22,23)/b21-6+. The first kappa shape index (κ1) is 20.7. The highest BCUT2D eigenvalue weighted by Gasteiger charge is 2.17. The number of carbonyl (C=O) groups excluding carboxylic acids is 1. The first-order chi connectivity index (χ1) is 12.2. The number of hydrogen-bond donors (Lipinski definition) is 3. The van der Waals surface area contributed by atoms with Gasteiger partial charge in [-0.15, -0.1) is 0 Å². The number of halogens is 3. The van der Waals surface area contributed by atoms with Crippen molar-refractivity contribution < 1.29 is 19.7 Å². The lowest BCUT2D eigenvalue weighted by molar-refractivity contribution is -0.123. The molecule has 0 unspecified atom stereocenters. The van der Waals surface area contributed by atoms with Gasteiger partial charge in [0, 0.05) is 5.56 Å². The second kappa shape index (κ2) is 8.88. The number of carbonyl (C=O) groups is 1. The molecule has 0 saturated carbocycles. The average Bonchev–Trinajstić information content (AvgIpc) is 2.60. The van der Waals surface area contributed by atoms with Crippen molar-refractivity contribution >= 4 is 59.9 Å². The highest BCUT2D eigenvalue weighted by atomic mass is 79.9. The minimum Gasteiger partial charge on any atom is -0.506 e. The largest absolute Gasteiger partial charge is 0.506 e. The van der Waals surface area contributed by atoms with Crippen LogP contribution in [0.15, 0.2) is 36.7 Å². The Balaban J connectivity index is 2.01. The molecule has 138 valence electrons. The van der Waals surface area contributed by atoms with Gasteiger partial charge in [-0.25, -0.2) is 5.43 Å². The van der Waals surface area contributed by atoms with E-state index < -0.39 is 5.91 Å². The van der Waals surface area contributed by atoms with Crippen LogP contribution in [0.1, 0.15) is 16.7 Å². The molecule has 0 heterocycles. The third kappa shape index (κ3) is 4.77. The first-order valence-electron chi connectivity index (χ1n) is 7.32. The lowest BCUT2D eigenvalue weighted by Gasteiger charge is -2.11. The zero-order valence-corrected chi connectivity index (χ0v) is 18.6. The van der Waals surface area contributed by atoms with Crippen molar-refractivity contribution in [2.45, 2.75) is 13.8 Å². The molecule has 0 bridgehead atoms. The van der Waals surface area contributed by atoms with E-state index in [4.69, 9.17) is 4.74 Å². The molecule has 0 aliphatic rings. The highest BCUT2D eigenvalue weighted by Crippen LogP contribution is 2.43. The zero-order chi connectivity index (χ0) is 19.4. The van der Waals surface area contributed by atoms with E-state index in [1.54, 1.807) is 13.0 Å². The van der Waals surface area contributed by atoms with Gasteiger partial charge in [-0.3, -0.25) is 4.79 Å². The smallest absolute Gasteiger partial charge is 0.277 e. The lowest BCUT2D eigenvalue weighted by atomic mass is 10.1. The molecule has 3 N–H and O–H groups in total. The van der Waals surface area contributed by atoms with E-state index in [-0.39, 0.29) is 22.6 Å². The molecule has 0 spiro atoms. The number of rotatable bonds is 5. The van der Waals surface area contributed by atoms with Crippen molar-refractivity contribution in [2.24, 2.45) is 5.10 Å². The van der Waals surface area contributed by atoms with Gasteiger partial charge in [-0.05, 0) is 84.9 Å². The quantitative estimate of drug-likeness (QED) is 0.377. The van der Waals surface area contributed by atoms with Crippen LogP contribution in [0.2, 0.25) is 0 Å². The van der Waals surface area contributed by atoms with E-state index in [0.717, 1.165) is 10.0 Å². The van der Waals surface area contributed by atoms with E-state index >= 15 is 0 Å². The molecule has 0 radical (unpaired) electrons. The second-order valence-electron chi connectivity index (χ2n) is 5.38. The minimum absolute atomic E-state index is 0.113. The monoisotopic (exact) mass is 548 g/mol. The fourth-order valence-electron chi connectivity index (χ4n) is 2.03. The van der Waals surface area contributed by atoms with Crippen LogP contribution in [-0.2, 0) is 4.79 Å². The number of hydrazone groups is 1. The topological polar surface area (TPSA) is 91.2 Å². The predicted molar refractivity (Wildman–Crippen MR) is 110 cm³/mol. The number of aromatic hydroxyl groups is 2. The summed E-state index contributed by atoms with van der Waals surface area (Å²) >= 11 is 9.70. The summed E-state index contributed by atoms with van der Waals surface area (Å²) in [5.41, 5.74) is 4.32. The maximum Gasteiger partial charge on any atom is 0.277 e. The molecule has 9 heteroatoms. The van der Waals surface area contributed by atoms with Gasteiger partial charge in [0.25, 0.3) is 5.91 Å². The molecule has 0 aliphatic heterocycles. The van der Waals surface area contributed by atoms with Crippen molar-refractivity contribution in [3.63, 3.8) is 0 Å². The number of nitrogens with zero attached hydrogens (tertiary/aromatic N) is 1. The van der Waals surface area contributed by atoms with Crippen LogP contribution in [0, 0.1) is 13.8 Å². The summed E-state index contributed by atoms with van der Waals surface area (Å²) in [6.45, 7) is 3.43. The molecule has 0 saturated heterocycles. The highest BCUT2D eigenvalue weighted by molar-refractivity contribution is 9.11. The summed E-state index contributed by atoms with van der Waals surface area (Å²) in [4.78, 5) is 11.9. The van der Waals surface area contributed by atoms with Crippen LogP contribution in [0.4, 0.5) is 0 Å². The van der Waals surface area contributed by atoms with Crippen molar-refractivity contribution in [1.29, 1.82) is 0 Å². The van der Waals surface area contributed by atoms with Crippen molar-refractivity contribution in [2.75, 3.05) is 6.61 Å². The van der Waals surface area contributed by atoms with Crippen molar-refractivity contribution in [3.05, 3.63) is 48.3 Å². The number of phenolic OH excluding ortho intramolecular Hbond substituents is 2. The zero-order valence-electron chi connectivity index (χ0n) is 13.8. The molecule has 0 atom stereocenters. The third-order valence-electron chi connectivity index (χ3n) is 3.44. The molecule has 0 aromatic heterocycles. The predicted octanol–water partition coefficient (Wildman–Crippen LogP) is 4.53. The number of phenols is 2. The Morgan fingerprint density at radius 2 is 1.88 bits per heavy atom. The SMILES string of the molecule is Cc1ccc(OCC(=O)N/N=C/c2c(C)c(Br)c(O)c(Br)c2O)c(Br)c1. The molecule has 6 nitrogen and oxygen atoms in total. The minimum atomic E-state index is -0.456. The van der Waals surface area contributed by atoms with Gasteiger partial charge >= 0.3 is 0 Å². The molecule has 2 aromatic rings.